The first-order valence-electron chi connectivity index (χ1n) is 8.45. The molecule has 4 nitrogen and oxygen atoms in total. The standard InChI is InChI=1S/C20H15ClF3NO3S/c1-12(21)29(27,28)16-4-2-3-13(8-16)7-14-9-15(20(22,23)24)10-18-17(14)5-6-25-19(18)11-26/h2-6,8-12H,7H2,1H3. The van der Waals surface area contributed by atoms with Crippen molar-refractivity contribution >= 4 is 38.5 Å². The molecule has 0 N–H and O–H groups in total. The zero-order valence-electron chi connectivity index (χ0n) is 15.1. The summed E-state index contributed by atoms with van der Waals surface area (Å²) in [7, 11) is -3.75. The van der Waals surface area contributed by atoms with E-state index in [0.29, 0.717) is 22.8 Å². The zero-order chi connectivity index (χ0) is 21.4. The lowest BCUT2D eigenvalue weighted by molar-refractivity contribution is -0.137. The van der Waals surface area contributed by atoms with Crippen molar-refractivity contribution in [1.29, 1.82) is 0 Å². The van der Waals surface area contributed by atoms with Gasteiger partial charge < -0.3 is 0 Å². The van der Waals surface area contributed by atoms with E-state index in [-0.39, 0.29) is 22.4 Å². The van der Waals surface area contributed by atoms with E-state index >= 15 is 0 Å². The zero-order valence-corrected chi connectivity index (χ0v) is 16.6. The summed E-state index contributed by atoms with van der Waals surface area (Å²) < 4.78 is 63.6. The molecule has 29 heavy (non-hydrogen) atoms. The number of rotatable bonds is 5. The third kappa shape index (κ3) is 4.28. The lowest BCUT2D eigenvalue weighted by Crippen LogP contribution is -2.12. The molecule has 3 aromatic rings. The highest BCUT2D eigenvalue weighted by Gasteiger charge is 2.31. The number of nitrogens with zero attached hydrogens (tertiary/aromatic N) is 1. The molecule has 0 radical (unpaired) electrons. The molecule has 1 unspecified atom stereocenters. The fourth-order valence-corrected chi connectivity index (χ4v) is 4.29. The molecule has 2 aromatic carbocycles. The largest absolute Gasteiger partial charge is 0.416 e. The number of alkyl halides is 4. The van der Waals surface area contributed by atoms with Crippen LogP contribution < -0.4 is 0 Å². The molecule has 0 fully saturated rings. The van der Waals surface area contributed by atoms with Crippen LogP contribution in [0.15, 0.2) is 53.6 Å². The van der Waals surface area contributed by atoms with E-state index in [0.717, 1.165) is 12.1 Å². The predicted octanol–water partition coefficient (Wildman–Crippen LogP) is 5.02. The SMILES string of the molecule is CC(Cl)S(=O)(=O)c1cccc(Cc2cc(C(F)(F)F)cc3c(C=O)nccc23)c1. The van der Waals surface area contributed by atoms with Crippen LogP contribution in [0.3, 0.4) is 0 Å². The number of fused-ring (bicyclic) bond motifs is 1. The number of sulfone groups is 1. The summed E-state index contributed by atoms with van der Waals surface area (Å²) in [5, 5.41) is 0.527. The Bertz CT molecular complexity index is 1190. The van der Waals surface area contributed by atoms with Crippen LogP contribution in [0.4, 0.5) is 13.2 Å². The minimum Gasteiger partial charge on any atom is -0.296 e. The maximum absolute atomic E-state index is 13.4. The second kappa shape index (κ2) is 7.76. The van der Waals surface area contributed by atoms with Crippen LogP contribution in [0.1, 0.15) is 34.1 Å². The third-order valence-electron chi connectivity index (χ3n) is 4.48. The lowest BCUT2D eigenvalue weighted by Gasteiger charge is -2.14. The van der Waals surface area contributed by atoms with Gasteiger partial charge in [0.25, 0.3) is 0 Å². The number of carbonyl (C=O) groups is 1. The fourth-order valence-electron chi connectivity index (χ4n) is 3.03. The number of pyridine rings is 1. The van der Waals surface area contributed by atoms with Gasteiger partial charge in [0.15, 0.2) is 16.1 Å². The molecule has 152 valence electrons. The molecule has 0 aliphatic rings. The van der Waals surface area contributed by atoms with Gasteiger partial charge in [-0.05, 0) is 60.2 Å². The van der Waals surface area contributed by atoms with Gasteiger partial charge in [0.1, 0.15) is 10.4 Å². The van der Waals surface area contributed by atoms with Gasteiger partial charge in [0.2, 0.25) is 0 Å². The molecule has 1 atom stereocenters. The van der Waals surface area contributed by atoms with Gasteiger partial charge in [-0.1, -0.05) is 12.1 Å². The molecule has 0 aliphatic heterocycles. The van der Waals surface area contributed by atoms with Crippen molar-refractivity contribution in [3.8, 4) is 0 Å². The molecular weight excluding hydrogens is 427 g/mol. The summed E-state index contributed by atoms with van der Waals surface area (Å²) in [6.45, 7) is 1.33. The van der Waals surface area contributed by atoms with Gasteiger partial charge in [-0.25, -0.2) is 8.42 Å². The van der Waals surface area contributed by atoms with Crippen LogP contribution in [0.5, 0.6) is 0 Å². The van der Waals surface area contributed by atoms with Gasteiger partial charge in [-0.2, -0.15) is 13.2 Å². The second-order valence-electron chi connectivity index (χ2n) is 6.45. The molecule has 0 saturated carbocycles. The summed E-state index contributed by atoms with van der Waals surface area (Å²) in [6.07, 6.45) is -2.83. The van der Waals surface area contributed by atoms with Crippen LogP contribution in [0, 0.1) is 0 Å². The van der Waals surface area contributed by atoms with Gasteiger partial charge in [0.05, 0.1) is 10.5 Å². The molecule has 0 aliphatic carbocycles. The third-order valence-corrected chi connectivity index (χ3v) is 6.95. The Kier molecular flexibility index (Phi) is 5.69. The van der Waals surface area contributed by atoms with Crippen molar-refractivity contribution in [2.24, 2.45) is 0 Å². The molecular formula is C20H15ClF3NO3S. The second-order valence-corrected chi connectivity index (χ2v) is 9.64. The Labute approximate surface area is 170 Å². The van der Waals surface area contributed by atoms with E-state index in [4.69, 9.17) is 11.6 Å². The van der Waals surface area contributed by atoms with E-state index in [2.05, 4.69) is 4.98 Å². The van der Waals surface area contributed by atoms with E-state index in [9.17, 15) is 26.4 Å². The molecule has 9 heteroatoms. The minimum atomic E-state index is -4.61. The van der Waals surface area contributed by atoms with E-state index in [1.54, 1.807) is 6.07 Å². The van der Waals surface area contributed by atoms with Crippen molar-refractivity contribution < 1.29 is 26.4 Å². The maximum atomic E-state index is 13.4. The number of halogens is 4. The van der Waals surface area contributed by atoms with E-state index in [1.165, 1.54) is 37.4 Å². The Morgan fingerprint density at radius 2 is 1.86 bits per heavy atom. The van der Waals surface area contributed by atoms with Gasteiger partial charge in [-0.15, -0.1) is 11.6 Å². The topological polar surface area (TPSA) is 64.1 Å². The smallest absolute Gasteiger partial charge is 0.296 e. The minimum absolute atomic E-state index is 0.0102. The first-order chi connectivity index (χ1) is 13.5. The molecule has 1 heterocycles. The molecule has 0 saturated heterocycles. The number of carbonyl (C=O) groups excluding carboxylic acids is 1. The molecule has 1 aromatic heterocycles. The van der Waals surface area contributed by atoms with Crippen LogP contribution in [-0.2, 0) is 22.4 Å². The van der Waals surface area contributed by atoms with E-state index < -0.39 is 26.3 Å². The summed E-state index contributed by atoms with van der Waals surface area (Å²) in [6, 6.07) is 9.33. The number of hydrogen-bond acceptors (Lipinski definition) is 4. The van der Waals surface area contributed by atoms with Crippen LogP contribution in [-0.4, -0.2) is 24.4 Å². The summed E-state index contributed by atoms with van der Waals surface area (Å²) in [5.74, 6) is 0. The highest BCUT2D eigenvalue weighted by atomic mass is 35.5. The maximum Gasteiger partial charge on any atom is 0.416 e. The average Bonchev–Trinajstić information content (AvgIpc) is 2.66. The number of aromatic nitrogens is 1. The van der Waals surface area contributed by atoms with Crippen molar-refractivity contribution in [2.45, 2.75) is 29.1 Å². The quantitative estimate of drug-likeness (QED) is 0.412. The first kappa shape index (κ1) is 21.3. The predicted molar refractivity (Wildman–Crippen MR) is 104 cm³/mol. The van der Waals surface area contributed by atoms with Crippen LogP contribution >= 0.6 is 11.6 Å². The Balaban J connectivity index is 2.17. The summed E-state index contributed by atoms with van der Waals surface area (Å²) in [4.78, 5) is 15.1. The number of aldehydes is 1. The number of benzene rings is 2. The molecule has 3 rings (SSSR count). The highest BCUT2D eigenvalue weighted by molar-refractivity contribution is 7.93. The average molecular weight is 442 g/mol. The molecule has 0 amide bonds. The molecule has 0 bridgehead atoms. The Morgan fingerprint density at radius 3 is 2.48 bits per heavy atom. The fraction of sp³-hybridized carbons (Fsp3) is 0.200. The Hall–Kier alpha value is -2.45. The lowest BCUT2D eigenvalue weighted by atomic mass is 9.95. The van der Waals surface area contributed by atoms with Crippen molar-refractivity contribution in [1.82, 2.24) is 4.98 Å². The Morgan fingerprint density at radius 1 is 1.14 bits per heavy atom. The van der Waals surface area contributed by atoms with Crippen molar-refractivity contribution in [3.05, 3.63) is 71.0 Å². The summed E-state index contributed by atoms with van der Waals surface area (Å²) in [5.41, 5.74) is -0.210. The normalized spacial score (nSPS) is 13.4. The van der Waals surface area contributed by atoms with Gasteiger partial charge in [0, 0.05) is 11.6 Å². The van der Waals surface area contributed by atoms with E-state index in [1.807, 2.05) is 0 Å². The van der Waals surface area contributed by atoms with Crippen molar-refractivity contribution in [2.75, 3.05) is 0 Å². The first-order valence-corrected chi connectivity index (χ1v) is 10.4. The number of hydrogen-bond donors (Lipinski definition) is 0. The van der Waals surface area contributed by atoms with Crippen LogP contribution in [0.2, 0.25) is 0 Å². The van der Waals surface area contributed by atoms with Crippen molar-refractivity contribution in [3.63, 3.8) is 0 Å². The van der Waals surface area contributed by atoms with Crippen LogP contribution in [0.25, 0.3) is 10.8 Å². The summed E-state index contributed by atoms with van der Waals surface area (Å²) >= 11 is 5.75. The van der Waals surface area contributed by atoms with Gasteiger partial charge >= 0.3 is 6.18 Å². The van der Waals surface area contributed by atoms with Gasteiger partial charge in [-0.3, -0.25) is 9.78 Å². The highest BCUT2D eigenvalue weighted by Crippen LogP contribution is 2.35. The molecule has 0 spiro atoms. The monoisotopic (exact) mass is 441 g/mol.